The lowest BCUT2D eigenvalue weighted by molar-refractivity contribution is -0.384. The van der Waals surface area contributed by atoms with Crippen molar-refractivity contribution in [1.82, 2.24) is 14.1 Å². The van der Waals surface area contributed by atoms with Gasteiger partial charge in [-0.25, -0.2) is 9.78 Å². The number of ketones is 1. The van der Waals surface area contributed by atoms with Gasteiger partial charge in [0.2, 0.25) is 0 Å². The molecule has 0 aliphatic heterocycles. The number of Topliss-reactive ketones (excluding diaryl/α,β-unsaturated/α-hetero) is 1. The van der Waals surface area contributed by atoms with Crippen molar-refractivity contribution in [3.05, 3.63) is 66.5 Å². The normalized spacial score (nSPS) is 11.1. The van der Waals surface area contributed by atoms with Crippen molar-refractivity contribution >= 4 is 38.4 Å². The maximum atomic E-state index is 13.3. The Labute approximate surface area is 192 Å². The van der Waals surface area contributed by atoms with E-state index in [1.165, 1.54) is 36.9 Å². The van der Waals surface area contributed by atoms with Crippen LogP contribution in [0, 0.1) is 17.0 Å². The third-order valence-corrected chi connectivity index (χ3v) is 5.99. The maximum absolute atomic E-state index is 13.3. The summed E-state index contributed by atoms with van der Waals surface area (Å²) in [5, 5.41) is 12.3. The van der Waals surface area contributed by atoms with Crippen molar-refractivity contribution in [2.75, 3.05) is 5.33 Å². The number of nitro benzene ring substituents is 1. The summed E-state index contributed by atoms with van der Waals surface area (Å²) in [4.78, 5) is 54.2. The molecule has 0 atom stereocenters. The number of alkyl halides is 1. The summed E-state index contributed by atoms with van der Waals surface area (Å²) in [6.07, 6.45) is 2.72. The number of carbonyl (C=O) groups excluding carboxylic acids is 1. The van der Waals surface area contributed by atoms with Gasteiger partial charge in [0.1, 0.15) is 5.65 Å². The summed E-state index contributed by atoms with van der Waals surface area (Å²) in [6, 6.07) is 5.80. The molecule has 3 rings (SSSR count). The molecule has 0 N–H and O–H groups in total. The molecule has 2 heterocycles. The van der Waals surface area contributed by atoms with E-state index in [2.05, 4.69) is 20.9 Å². The van der Waals surface area contributed by atoms with E-state index in [4.69, 9.17) is 0 Å². The van der Waals surface area contributed by atoms with Crippen LogP contribution in [0.3, 0.4) is 0 Å². The maximum Gasteiger partial charge on any atom is 0.332 e. The van der Waals surface area contributed by atoms with Crippen molar-refractivity contribution in [3.8, 4) is 11.1 Å². The van der Waals surface area contributed by atoms with E-state index in [1.807, 2.05) is 0 Å². The Bertz CT molecular complexity index is 1340. The highest BCUT2D eigenvalue weighted by Crippen LogP contribution is 2.33. The van der Waals surface area contributed by atoms with Crippen LogP contribution in [0.25, 0.3) is 22.2 Å². The number of hydrogen-bond acceptors (Lipinski definition) is 6. The lowest BCUT2D eigenvalue weighted by Gasteiger charge is -2.17. The number of hydrogen-bond donors (Lipinski definition) is 0. The first-order valence-electron chi connectivity index (χ1n) is 10.1. The van der Waals surface area contributed by atoms with Gasteiger partial charge in [-0.15, -0.1) is 0 Å². The molecule has 1 aromatic carbocycles. The Morgan fingerprint density at radius 2 is 1.88 bits per heavy atom. The smallest absolute Gasteiger partial charge is 0.294 e. The highest BCUT2D eigenvalue weighted by molar-refractivity contribution is 9.09. The van der Waals surface area contributed by atoms with Gasteiger partial charge in [0.15, 0.2) is 5.78 Å². The van der Waals surface area contributed by atoms with Crippen molar-refractivity contribution in [2.24, 2.45) is 14.1 Å². The highest BCUT2D eigenvalue weighted by Gasteiger charge is 2.25. The number of unbranched alkanes of at least 4 members (excludes halogenated alkanes) is 2. The summed E-state index contributed by atoms with van der Waals surface area (Å²) in [6.45, 7) is 1.65. The fraction of sp³-hybridized carbons (Fsp3) is 0.364. The van der Waals surface area contributed by atoms with Crippen molar-refractivity contribution in [1.29, 1.82) is 0 Å². The number of aryl methyl sites for hydroxylation is 2. The van der Waals surface area contributed by atoms with Crippen LogP contribution < -0.4 is 11.2 Å². The molecule has 0 unspecified atom stereocenters. The molecule has 3 aromatic rings. The van der Waals surface area contributed by atoms with Gasteiger partial charge in [0.05, 0.1) is 16.0 Å². The molecule has 0 fully saturated rings. The van der Waals surface area contributed by atoms with Crippen LogP contribution in [-0.4, -0.2) is 30.2 Å². The average Bonchev–Trinajstić information content (AvgIpc) is 2.78. The van der Waals surface area contributed by atoms with Crippen LogP contribution in [0.4, 0.5) is 5.69 Å². The predicted octanol–water partition coefficient (Wildman–Crippen LogP) is 3.65. The Morgan fingerprint density at radius 3 is 2.53 bits per heavy atom. The van der Waals surface area contributed by atoms with Gasteiger partial charge in [0, 0.05) is 49.1 Å². The average molecular weight is 503 g/mol. The van der Waals surface area contributed by atoms with E-state index in [0.29, 0.717) is 17.7 Å². The Kier molecular flexibility index (Phi) is 7.02. The molecule has 0 aliphatic rings. The lowest BCUT2D eigenvalue weighted by atomic mass is 9.91. The first-order valence-corrected chi connectivity index (χ1v) is 11.3. The molecule has 10 heteroatoms. The number of halogens is 1. The summed E-state index contributed by atoms with van der Waals surface area (Å²) in [5.41, 5.74) is 0.0709. The number of nitro groups is 1. The number of nitrogens with zero attached hydrogens (tertiary/aromatic N) is 4. The minimum absolute atomic E-state index is 0.0875. The number of rotatable bonds is 8. The minimum Gasteiger partial charge on any atom is -0.294 e. The van der Waals surface area contributed by atoms with E-state index in [-0.39, 0.29) is 40.1 Å². The molecular formula is C22H23BrN4O5. The van der Waals surface area contributed by atoms with Crippen molar-refractivity contribution in [3.63, 3.8) is 0 Å². The number of carbonyl (C=O) groups is 1. The van der Waals surface area contributed by atoms with Gasteiger partial charge in [-0.3, -0.25) is 28.8 Å². The van der Waals surface area contributed by atoms with Gasteiger partial charge in [-0.05, 0) is 25.3 Å². The monoisotopic (exact) mass is 502 g/mol. The third-order valence-electron chi connectivity index (χ3n) is 5.43. The van der Waals surface area contributed by atoms with Gasteiger partial charge >= 0.3 is 5.69 Å². The van der Waals surface area contributed by atoms with Crippen molar-refractivity contribution in [2.45, 2.75) is 32.6 Å². The Balaban J connectivity index is 2.40. The number of pyridine rings is 1. The van der Waals surface area contributed by atoms with Crippen LogP contribution in [0.1, 0.15) is 41.7 Å². The first-order chi connectivity index (χ1) is 15.2. The zero-order valence-corrected chi connectivity index (χ0v) is 19.6. The van der Waals surface area contributed by atoms with Crippen LogP contribution >= 0.6 is 15.9 Å². The summed E-state index contributed by atoms with van der Waals surface area (Å²) in [5.74, 6) is -0.191. The van der Waals surface area contributed by atoms with E-state index >= 15 is 0 Å². The minimum atomic E-state index is -0.606. The van der Waals surface area contributed by atoms with Crippen molar-refractivity contribution < 1.29 is 9.72 Å². The van der Waals surface area contributed by atoms with Gasteiger partial charge in [-0.2, -0.15) is 0 Å². The van der Waals surface area contributed by atoms with Crippen LogP contribution in [0.2, 0.25) is 0 Å². The number of aromatic nitrogens is 3. The van der Waals surface area contributed by atoms with Gasteiger partial charge in [-0.1, -0.05) is 34.5 Å². The summed E-state index contributed by atoms with van der Waals surface area (Å²) >= 11 is 3.37. The zero-order valence-electron chi connectivity index (χ0n) is 18.1. The Hall–Kier alpha value is -3.14. The van der Waals surface area contributed by atoms with Crippen LogP contribution in [-0.2, 0) is 14.1 Å². The zero-order chi connectivity index (χ0) is 23.6. The number of non-ortho nitro benzene ring substituents is 1. The third kappa shape index (κ3) is 4.27. The van der Waals surface area contributed by atoms with Crippen LogP contribution in [0.5, 0.6) is 0 Å². The molecule has 0 aliphatic carbocycles. The van der Waals surface area contributed by atoms with E-state index < -0.39 is 16.2 Å². The summed E-state index contributed by atoms with van der Waals surface area (Å²) in [7, 11) is 2.85. The molecule has 32 heavy (non-hydrogen) atoms. The van der Waals surface area contributed by atoms with E-state index in [9.17, 15) is 24.5 Å². The second kappa shape index (κ2) is 9.56. The van der Waals surface area contributed by atoms with E-state index in [1.54, 1.807) is 13.0 Å². The standard InChI is InChI=1S/C22H23BrN4O5/c1-13-17(16(28)10-5-4-6-11-23)18(14-8-7-9-15(12-14)27(31)32)19-20(24-13)25(2)22(30)26(3)21(19)29/h7-9,12H,4-6,10-11H2,1-3H3. The molecule has 0 amide bonds. The predicted molar refractivity (Wildman–Crippen MR) is 126 cm³/mol. The molecule has 0 radical (unpaired) electrons. The second-order valence-electron chi connectivity index (χ2n) is 7.58. The molecule has 0 saturated carbocycles. The van der Waals surface area contributed by atoms with Crippen LogP contribution in [0.15, 0.2) is 33.9 Å². The SMILES string of the molecule is Cc1nc2c(c(-c3cccc([N+](=O)[O-])c3)c1C(=O)CCCCCBr)c(=O)n(C)c(=O)n2C. The number of fused-ring (bicyclic) bond motifs is 1. The molecule has 0 saturated heterocycles. The highest BCUT2D eigenvalue weighted by atomic mass is 79.9. The topological polar surface area (TPSA) is 117 Å². The molecule has 2 aromatic heterocycles. The molecular weight excluding hydrogens is 480 g/mol. The molecule has 0 spiro atoms. The number of benzene rings is 1. The fourth-order valence-electron chi connectivity index (χ4n) is 3.79. The fourth-order valence-corrected chi connectivity index (χ4v) is 4.19. The lowest BCUT2D eigenvalue weighted by Crippen LogP contribution is -2.38. The largest absolute Gasteiger partial charge is 0.332 e. The summed E-state index contributed by atoms with van der Waals surface area (Å²) < 4.78 is 2.19. The second-order valence-corrected chi connectivity index (χ2v) is 8.37. The quantitative estimate of drug-likeness (QED) is 0.152. The molecule has 9 nitrogen and oxygen atoms in total. The van der Waals surface area contributed by atoms with E-state index in [0.717, 1.165) is 22.7 Å². The van der Waals surface area contributed by atoms with Gasteiger partial charge in [0.25, 0.3) is 11.2 Å². The molecule has 168 valence electrons. The first kappa shape index (κ1) is 23.5. The Morgan fingerprint density at radius 1 is 1.16 bits per heavy atom. The molecule has 0 bridgehead atoms. The van der Waals surface area contributed by atoms with Gasteiger partial charge < -0.3 is 0 Å².